The second-order valence-electron chi connectivity index (χ2n) is 2.51. The van der Waals surface area contributed by atoms with Gasteiger partial charge in [-0.3, -0.25) is 0 Å². The number of nitrogens with two attached hydrogens (primary N) is 1. The Labute approximate surface area is 74.6 Å². The van der Waals surface area contributed by atoms with Crippen LogP contribution < -0.4 is 5.73 Å². The molecule has 0 aromatic carbocycles. The molecule has 2 heterocycles. The largest absolute Gasteiger partial charge is 0.467 e. The van der Waals surface area contributed by atoms with Gasteiger partial charge in [-0.05, 0) is 23.6 Å². The fourth-order valence-corrected chi connectivity index (χ4v) is 1.81. The third kappa shape index (κ3) is 1.29. The zero-order valence-corrected chi connectivity index (χ0v) is 7.25. The van der Waals surface area contributed by atoms with Crippen molar-refractivity contribution in [1.82, 2.24) is 0 Å². The van der Waals surface area contributed by atoms with E-state index in [1.54, 1.807) is 17.6 Å². The van der Waals surface area contributed by atoms with E-state index in [1.807, 2.05) is 29.6 Å². The van der Waals surface area contributed by atoms with Crippen LogP contribution in [0.15, 0.2) is 40.3 Å². The first kappa shape index (κ1) is 7.58. The number of hydrogen-bond donors (Lipinski definition) is 1. The molecule has 12 heavy (non-hydrogen) atoms. The summed E-state index contributed by atoms with van der Waals surface area (Å²) in [6, 6.07) is 7.63. The highest BCUT2D eigenvalue weighted by atomic mass is 32.1. The van der Waals surface area contributed by atoms with Crippen molar-refractivity contribution in [2.45, 2.75) is 6.04 Å². The highest BCUT2D eigenvalue weighted by Crippen LogP contribution is 2.23. The van der Waals surface area contributed by atoms with Crippen molar-refractivity contribution in [3.8, 4) is 0 Å². The van der Waals surface area contributed by atoms with E-state index in [0.29, 0.717) is 0 Å². The molecule has 0 spiro atoms. The van der Waals surface area contributed by atoms with Crippen molar-refractivity contribution in [2.24, 2.45) is 5.73 Å². The Morgan fingerprint density at radius 1 is 1.33 bits per heavy atom. The van der Waals surface area contributed by atoms with Gasteiger partial charge in [0.25, 0.3) is 0 Å². The van der Waals surface area contributed by atoms with Crippen LogP contribution in [0, 0.1) is 0 Å². The molecule has 0 fully saturated rings. The minimum atomic E-state index is -0.111. The topological polar surface area (TPSA) is 39.2 Å². The van der Waals surface area contributed by atoms with Gasteiger partial charge < -0.3 is 10.2 Å². The van der Waals surface area contributed by atoms with Gasteiger partial charge in [-0.2, -0.15) is 0 Å². The maximum absolute atomic E-state index is 5.92. The van der Waals surface area contributed by atoms with E-state index in [9.17, 15) is 0 Å². The first-order chi connectivity index (χ1) is 5.88. The number of rotatable bonds is 2. The van der Waals surface area contributed by atoms with E-state index in [-0.39, 0.29) is 6.04 Å². The Kier molecular flexibility index (Phi) is 1.98. The van der Waals surface area contributed by atoms with Crippen LogP contribution in [0.25, 0.3) is 0 Å². The zero-order valence-electron chi connectivity index (χ0n) is 6.44. The molecule has 0 amide bonds. The van der Waals surface area contributed by atoms with E-state index in [0.717, 1.165) is 10.6 Å². The molecular weight excluding hydrogens is 170 g/mol. The molecule has 0 aliphatic heterocycles. The van der Waals surface area contributed by atoms with Gasteiger partial charge in [0.05, 0.1) is 12.3 Å². The smallest absolute Gasteiger partial charge is 0.125 e. The summed E-state index contributed by atoms with van der Waals surface area (Å²) in [6.45, 7) is 0. The molecule has 2 aromatic heterocycles. The molecule has 2 rings (SSSR count). The zero-order chi connectivity index (χ0) is 8.39. The first-order valence-corrected chi connectivity index (χ1v) is 4.58. The highest BCUT2D eigenvalue weighted by Gasteiger charge is 2.11. The van der Waals surface area contributed by atoms with Crippen LogP contribution in [0.4, 0.5) is 0 Å². The fourth-order valence-electron chi connectivity index (χ4n) is 1.08. The maximum atomic E-state index is 5.92. The van der Waals surface area contributed by atoms with Crippen molar-refractivity contribution in [2.75, 3.05) is 0 Å². The molecule has 0 aliphatic rings. The van der Waals surface area contributed by atoms with E-state index in [1.165, 1.54) is 0 Å². The lowest BCUT2D eigenvalue weighted by atomic mass is 10.2. The monoisotopic (exact) mass is 179 g/mol. The molecule has 1 unspecified atom stereocenters. The number of thiophene rings is 1. The van der Waals surface area contributed by atoms with Crippen molar-refractivity contribution >= 4 is 11.3 Å². The molecule has 2 nitrogen and oxygen atoms in total. The Bertz CT molecular complexity index is 291. The van der Waals surface area contributed by atoms with Crippen LogP contribution in [-0.4, -0.2) is 0 Å². The average Bonchev–Trinajstić information content (AvgIpc) is 2.77. The van der Waals surface area contributed by atoms with Crippen LogP contribution in [0.1, 0.15) is 16.7 Å². The Balaban J connectivity index is 2.27. The predicted molar refractivity (Wildman–Crippen MR) is 49.1 cm³/mol. The van der Waals surface area contributed by atoms with E-state index in [4.69, 9.17) is 10.2 Å². The summed E-state index contributed by atoms with van der Waals surface area (Å²) in [7, 11) is 0. The normalized spacial score (nSPS) is 13.1. The van der Waals surface area contributed by atoms with Crippen LogP contribution in [-0.2, 0) is 0 Å². The summed E-state index contributed by atoms with van der Waals surface area (Å²) in [5, 5.41) is 2.01. The van der Waals surface area contributed by atoms with Crippen LogP contribution >= 0.6 is 11.3 Å². The lowest BCUT2D eigenvalue weighted by Gasteiger charge is -2.04. The van der Waals surface area contributed by atoms with Gasteiger partial charge in [0, 0.05) is 4.88 Å². The lowest BCUT2D eigenvalue weighted by Crippen LogP contribution is -2.08. The third-order valence-electron chi connectivity index (χ3n) is 1.70. The Morgan fingerprint density at radius 3 is 2.83 bits per heavy atom. The van der Waals surface area contributed by atoms with Crippen molar-refractivity contribution in [1.29, 1.82) is 0 Å². The Morgan fingerprint density at radius 2 is 2.25 bits per heavy atom. The molecular formula is C9H9NOS. The molecule has 0 saturated heterocycles. The van der Waals surface area contributed by atoms with Gasteiger partial charge in [-0.25, -0.2) is 0 Å². The quantitative estimate of drug-likeness (QED) is 0.768. The van der Waals surface area contributed by atoms with Gasteiger partial charge in [0.15, 0.2) is 0 Å². The van der Waals surface area contributed by atoms with E-state index in [2.05, 4.69) is 0 Å². The fraction of sp³-hybridized carbons (Fsp3) is 0.111. The molecule has 1 atom stereocenters. The van der Waals surface area contributed by atoms with Gasteiger partial charge in [0.1, 0.15) is 5.76 Å². The second kappa shape index (κ2) is 3.13. The van der Waals surface area contributed by atoms with Crippen LogP contribution in [0.2, 0.25) is 0 Å². The van der Waals surface area contributed by atoms with Crippen molar-refractivity contribution in [3.63, 3.8) is 0 Å². The number of furan rings is 1. The lowest BCUT2D eigenvalue weighted by molar-refractivity contribution is 0.492. The maximum Gasteiger partial charge on any atom is 0.125 e. The average molecular weight is 179 g/mol. The molecule has 0 saturated carbocycles. The van der Waals surface area contributed by atoms with Gasteiger partial charge in [0.2, 0.25) is 0 Å². The van der Waals surface area contributed by atoms with E-state index < -0.39 is 0 Å². The second-order valence-corrected chi connectivity index (χ2v) is 3.49. The standard InChI is InChI=1S/C9H9NOS/c10-9(7-3-1-5-11-7)8-4-2-6-12-8/h1-6,9H,10H2. The minimum absolute atomic E-state index is 0.111. The first-order valence-electron chi connectivity index (χ1n) is 3.70. The van der Waals surface area contributed by atoms with Crippen molar-refractivity contribution in [3.05, 3.63) is 46.5 Å². The summed E-state index contributed by atoms with van der Waals surface area (Å²) in [6.07, 6.45) is 1.64. The SMILES string of the molecule is NC(c1ccco1)c1cccs1. The highest BCUT2D eigenvalue weighted by molar-refractivity contribution is 7.10. The van der Waals surface area contributed by atoms with Crippen LogP contribution in [0.3, 0.4) is 0 Å². The molecule has 3 heteroatoms. The molecule has 0 bridgehead atoms. The van der Waals surface area contributed by atoms with Crippen LogP contribution in [0.5, 0.6) is 0 Å². The third-order valence-corrected chi connectivity index (χ3v) is 2.65. The van der Waals surface area contributed by atoms with E-state index >= 15 is 0 Å². The summed E-state index contributed by atoms with van der Waals surface area (Å²) >= 11 is 1.64. The molecule has 2 N–H and O–H groups in total. The molecule has 0 radical (unpaired) electrons. The van der Waals surface area contributed by atoms with Gasteiger partial charge >= 0.3 is 0 Å². The summed E-state index contributed by atoms with van der Waals surface area (Å²) in [5.74, 6) is 0.817. The number of hydrogen-bond acceptors (Lipinski definition) is 3. The van der Waals surface area contributed by atoms with Crippen molar-refractivity contribution < 1.29 is 4.42 Å². The molecule has 0 aliphatic carbocycles. The Hall–Kier alpha value is -1.06. The summed E-state index contributed by atoms with van der Waals surface area (Å²) < 4.78 is 5.20. The molecule has 2 aromatic rings. The van der Waals surface area contributed by atoms with Gasteiger partial charge in [-0.15, -0.1) is 11.3 Å². The molecule has 62 valence electrons. The summed E-state index contributed by atoms with van der Waals surface area (Å²) in [5.41, 5.74) is 5.92. The van der Waals surface area contributed by atoms with Gasteiger partial charge in [-0.1, -0.05) is 6.07 Å². The summed E-state index contributed by atoms with van der Waals surface area (Å²) in [4.78, 5) is 1.13. The minimum Gasteiger partial charge on any atom is -0.467 e. The predicted octanol–water partition coefficient (Wildman–Crippen LogP) is 2.39.